The molecule has 0 N–H and O–H groups in total. The fourth-order valence-corrected chi connectivity index (χ4v) is 3.69. The van der Waals surface area contributed by atoms with Crippen molar-refractivity contribution >= 4 is 33.5 Å². The largest absolute Gasteiger partial charge is 0.416 e. The van der Waals surface area contributed by atoms with E-state index < -0.39 is 0 Å². The van der Waals surface area contributed by atoms with Crippen molar-refractivity contribution in [2.24, 2.45) is 0 Å². The molecule has 6 heteroatoms. The number of hydrogen-bond acceptors (Lipinski definition) is 5. The number of benzene rings is 2. The average molecular weight is 445 g/mol. The summed E-state index contributed by atoms with van der Waals surface area (Å²) in [6.07, 6.45) is 2.01. The minimum absolute atomic E-state index is 0.158. The highest BCUT2D eigenvalue weighted by atomic mass is 79.9. The molecule has 2 aromatic carbocycles. The first kappa shape index (κ1) is 19.8. The highest BCUT2D eigenvalue weighted by Crippen LogP contribution is 2.23. The van der Waals surface area contributed by atoms with Gasteiger partial charge in [-0.15, -0.1) is 10.2 Å². The van der Waals surface area contributed by atoms with Gasteiger partial charge in [-0.25, -0.2) is 0 Å². The molecule has 0 bridgehead atoms. The third-order valence-electron chi connectivity index (χ3n) is 4.24. The third-order valence-corrected chi connectivity index (χ3v) is 5.67. The second kappa shape index (κ2) is 9.85. The molecule has 3 rings (SSSR count). The molecule has 0 spiro atoms. The van der Waals surface area contributed by atoms with Gasteiger partial charge in [0.25, 0.3) is 5.22 Å². The number of ketones is 1. The zero-order valence-electron chi connectivity index (χ0n) is 15.1. The van der Waals surface area contributed by atoms with Crippen molar-refractivity contribution in [2.75, 3.05) is 5.75 Å². The minimum atomic E-state index is 0.158. The number of aromatic nitrogens is 2. The Morgan fingerprint density at radius 1 is 1.11 bits per heavy atom. The lowest BCUT2D eigenvalue weighted by atomic mass is 9.98. The Morgan fingerprint density at radius 3 is 2.59 bits per heavy atom. The number of rotatable bonds is 9. The van der Waals surface area contributed by atoms with Crippen molar-refractivity contribution in [3.8, 4) is 0 Å². The van der Waals surface area contributed by atoms with Crippen LogP contribution < -0.4 is 0 Å². The molecule has 1 heterocycles. The molecule has 0 aliphatic heterocycles. The van der Waals surface area contributed by atoms with E-state index in [0.29, 0.717) is 23.5 Å². The number of Topliss-reactive ketones (excluding diaryl/α,β-unsaturated/α-hetero) is 1. The summed E-state index contributed by atoms with van der Waals surface area (Å²) in [5.41, 5.74) is 2.01. The van der Waals surface area contributed by atoms with Gasteiger partial charge in [-0.2, -0.15) is 0 Å². The van der Waals surface area contributed by atoms with Crippen LogP contribution in [0.3, 0.4) is 0 Å². The highest BCUT2D eigenvalue weighted by molar-refractivity contribution is 9.10. The number of nitrogens with zero attached hydrogens (tertiary/aromatic N) is 2. The highest BCUT2D eigenvalue weighted by Gasteiger charge is 2.13. The molecule has 1 atom stereocenters. The molecule has 0 fully saturated rings. The number of thioether (sulfide) groups is 1. The maximum Gasteiger partial charge on any atom is 0.276 e. The van der Waals surface area contributed by atoms with Gasteiger partial charge in [0.1, 0.15) is 0 Å². The first-order valence-corrected chi connectivity index (χ1v) is 10.7. The quantitative estimate of drug-likeness (QED) is 0.232. The maximum absolute atomic E-state index is 12.2. The summed E-state index contributed by atoms with van der Waals surface area (Å²) in [4.78, 5) is 12.2. The molecule has 0 aliphatic rings. The molecule has 3 aromatic rings. The second-order valence-corrected chi connectivity index (χ2v) is 8.32. The lowest BCUT2D eigenvalue weighted by Crippen LogP contribution is -1.99. The Labute approximate surface area is 171 Å². The second-order valence-electron chi connectivity index (χ2n) is 6.36. The standard InChI is InChI=1S/C21H21BrN2O2S/c1-15(16-6-3-2-4-7-16)14-20-23-24-21(26-20)27-13-5-8-19(25)17-9-11-18(22)12-10-17/h2-4,6-7,9-12,15H,5,8,13-14H2,1H3. The summed E-state index contributed by atoms with van der Waals surface area (Å²) in [5.74, 6) is 1.91. The van der Waals surface area contributed by atoms with Gasteiger partial charge in [0, 0.05) is 28.6 Å². The van der Waals surface area contributed by atoms with Gasteiger partial charge < -0.3 is 4.42 Å². The van der Waals surface area contributed by atoms with E-state index >= 15 is 0 Å². The third kappa shape index (κ3) is 6.04. The topological polar surface area (TPSA) is 56.0 Å². The SMILES string of the molecule is CC(Cc1nnc(SCCCC(=O)c2ccc(Br)cc2)o1)c1ccccc1. The predicted molar refractivity (Wildman–Crippen MR) is 111 cm³/mol. The van der Waals surface area contributed by atoms with Crippen LogP contribution in [0.25, 0.3) is 0 Å². The van der Waals surface area contributed by atoms with Gasteiger partial charge in [-0.1, -0.05) is 77.1 Å². The van der Waals surface area contributed by atoms with Crippen LogP contribution in [-0.4, -0.2) is 21.7 Å². The molecule has 0 saturated heterocycles. The predicted octanol–water partition coefficient (Wildman–Crippen LogP) is 5.93. The normalized spacial score (nSPS) is 12.1. The van der Waals surface area contributed by atoms with Gasteiger partial charge in [0.05, 0.1) is 0 Å². The number of hydrogen-bond donors (Lipinski definition) is 0. The lowest BCUT2D eigenvalue weighted by molar-refractivity contribution is 0.0982. The first-order valence-electron chi connectivity index (χ1n) is 8.90. The van der Waals surface area contributed by atoms with Crippen LogP contribution in [-0.2, 0) is 6.42 Å². The zero-order chi connectivity index (χ0) is 19.1. The Kier molecular flexibility index (Phi) is 7.24. The van der Waals surface area contributed by atoms with Gasteiger partial charge in [0.2, 0.25) is 5.89 Å². The Bertz CT molecular complexity index is 865. The van der Waals surface area contributed by atoms with Gasteiger partial charge in [0.15, 0.2) is 5.78 Å². The molecule has 0 amide bonds. The van der Waals surface area contributed by atoms with Crippen molar-refractivity contribution < 1.29 is 9.21 Å². The summed E-state index contributed by atoms with van der Waals surface area (Å²) in [6.45, 7) is 2.15. The van der Waals surface area contributed by atoms with Crippen LogP contribution in [0.5, 0.6) is 0 Å². The summed E-state index contributed by atoms with van der Waals surface area (Å²) in [5, 5.41) is 8.82. The summed E-state index contributed by atoms with van der Waals surface area (Å²) < 4.78 is 6.71. The Hall–Kier alpha value is -1.92. The molecule has 1 unspecified atom stereocenters. The van der Waals surface area contributed by atoms with Gasteiger partial charge in [-0.05, 0) is 30.0 Å². The van der Waals surface area contributed by atoms with Crippen molar-refractivity contribution in [3.05, 3.63) is 76.1 Å². The molecule has 4 nitrogen and oxygen atoms in total. The molecular formula is C21H21BrN2O2S. The zero-order valence-corrected chi connectivity index (χ0v) is 17.5. The number of carbonyl (C=O) groups is 1. The van der Waals surface area contributed by atoms with E-state index in [-0.39, 0.29) is 5.78 Å². The van der Waals surface area contributed by atoms with E-state index in [1.165, 1.54) is 17.3 Å². The van der Waals surface area contributed by atoms with Crippen LogP contribution in [0.4, 0.5) is 0 Å². The van der Waals surface area contributed by atoms with Crippen LogP contribution >= 0.6 is 27.7 Å². The van der Waals surface area contributed by atoms with Crippen LogP contribution in [0, 0.1) is 0 Å². The molecule has 27 heavy (non-hydrogen) atoms. The van der Waals surface area contributed by atoms with E-state index in [1.54, 1.807) is 0 Å². The lowest BCUT2D eigenvalue weighted by Gasteiger charge is -2.08. The molecule has 0 radical (unpaired) electrons. The molecular weight excluding hydrogens is 424 g/mol. The summed E-state index contributed by atoms with van der Waals surface area (Å²) in [6, 6.07) is 17.8. The van der Waals surface area contributed by atoms with E-state index in [1.807, 2.05) is 42.5 Å². The maximum atomic E-state index is 12.2. The van der Waals surface area contributed by atoms with Crippen molar-refractivity contribution in [3.63, 3.8) is 0 Å². The average Bonchev–Trinajstić information content (AvgIpc) is 3.13. The van der Waals surface area contributed by atoms with Crippen molar-refractivity contribution in [1.29, 1.82) is 0 Å². The minimum Gasteiger partial charge on any atom is -0.416 e. The molecule has 0 saturated carbocycles. The Morgan fingerprint density at radius 2 is 1.85 bits per heavy atom. The molecule has 140 valence electrons. The first-order chi connectivity index (χ1) is 13.1. The van der Waals surface area contributed by atoms with E-state index in [2.05, 4.69) is 45.2 Å². The van der Waals surface area contributed by atoms with Gasteiger partial charge >= 0.3 is 0 Å². The van der Waals surface area contributed by atoms with E-state index in [9.17, 15) is 4.79 Å². The van der Waals surface area contributed by atoms with Crippen LogP contribution in [0.15, 0.2) is 68.7 Å². The van der Waals surface area contributed by atoms with Crippen LogP contribution in [0.1, 0.15) is 47.5 Å². The number of carbonyl (C=O) groups excluding carboxylic acids is 1. The number of halogens is 1. The van der Waals surface area contributed by atoms with Crippen molar-refractivity contribution in [1.82, 2.24) is 10.2 Å². The van der Waals surface area contributed by atoms with Crippen molar-refractivity contribution in [2.45, 2.75) is 37.3 Å². The van der Waals surface area contributed by atoms with E-state index in [0.717, 1.165) is 28.6 Å². The fraction of sp³-hybridized carbons (Fsp3) is 0.286. The van der Waals surface area contributed by atoms with Crippen LogP contribution in [0.2, 0.25) is 0 Å². The Balaban J connectivity index is 1.42. The molecule has 1 aromatic heterocycles. The smallest absolute Gasteiger partial charge is 0.276 e. The van der Waals surface area contributed by atoms with E-state index in [4.69, 9.17) is 4.42 Å². The fourth-order valence-electron chi connectivity index (χ4n) is 2.71. The van der Waals surface area contributed by atoms with Gasteiger partial charge in [-0.3, -0.25) is 4.79 Å². The monoisotopic (exact) mass is 444 g/mol. The molecule has 0 aliphatic carbocycles. The summed E-state index contributed by atoms with van der Waals surface area (Å²) >= 11 is 4.88. The summed E-state index contributed by atoms with van der Waals surface area (Å²) in [7, 11) is 0.